The Bertz CT molecular complexity index is 391. The van der Waals surface area contributed by atoms with Crippen molar-refractivity contribution in [3.05, 3.63) is 29.6 Å². The topological polar surface area (TPSA) is 29.5 Å². The van der Waals surface area contributed by atoms with Crippen LogP contribution in [0.4, 0.5) is 4.39 Å². The van der Waals surface area contributed by atoms with Gasteiger partial charge in [-0.25, -0.2) is 4.39 Å². The third kappa shape index (κ3) is 7.47. The van der Waals surface area contributed by atoms with Crippen LogP contribution in [0.15, 0.2) is 18.2 Å². The zero-order valence-corrected chi connectivity index (χ0v) is 13.4. The molecule has 0 saturated carbocycles. The fourth-order valence-electron chi connectivity index (χ4n) is 2.40. The van der Waals surface area contributed by atoms with Gasteiger partial charge in [-0.2, -0.15) is 0 Å². The summed E-state index contributed by atoms with van der Waals surface area (Å²) in [5.41, 5.74) is 0.523. The van der Waals surface area contributed by atoms with Crippen molar-refractivity contribution in [3.63, 3.8) is 0 Å². The molecule has 0 unspecified atom stereocenters. The van der Waals surface area contributed by atoms with E-state index in [0.717, 1.165) is 12.8 Å². The number of rotatable bonds is 11. The van der Waals surface area contributed by atoms with E-state index in [2.05, 4.69) is 6.92 Å². The molecule has 0 heterocycles. The molecule has 0 bridgehead atoms. The van der Waals surface area contributed by atoms with Crippen LogP contribution in [0.2, 0.25) is 0 Å². The molecule has 0 fully saturated rings. The van der Waals surface area contributed by atoms with Gasteiger partial charge >= 0.3 is 0 Å². The number of ether oxygens (including phenoxy) is 1. The van der Waals surface area contributed by atoms with E-state index >= 15 is 0 Å². The van der Waals surface area contributed by atoms with Crippen molar-refractivity contribution in [2.24, 2.45) is 0 Å². The van der Waals surface area contributed by atoms with Crippen molar-refractivity contribution in [1.29, 1.82) is 0 Å². The summed E-state index contributed by atoms with van der Waals surface area (Å²) in [5.74, 6) is 0.250. The largest absolute Gasteiger partial charge is 0.493 e. The van der Waals surface area contributed by atoms with Crippen LogP contribution in [0.3, 0.4) is 0 Å². The van der Waals surface area contributed by atoms with Gasteiger partial charge in [0.1, 0.15) is 11.6 Å². The minimum Gasteiger partial charge on any atom is -0.493 e. The molecule has 21 heavy (non-hydrogen) atoms. The Balaban J connectivity index is 2.18. The van der Waals surface area contributed by atoms with Gasteiger partial charge in [0.05, 0.1) is 12.7 Å². The molecular weight excluding hydrogens is 267 g/mol. The Morgan fingerprint density at radius 3 is 2.29 bits per heavy atom. The molecule has 0 aromatic heterocycles. The van der Waals surface area contributed by atoms with Gasteiger partial charge in [-0.1, -0.05) is 51.9 Å². The van der Waals surface area contributed by atoms with Crippen molar-refractivity contribution in [3.8, 4) is 5.75 Å². The number of benzene rings is 1. The standard InChI is InChI=1S/C18H29FO2/c1-3-4-5-6-7-8-9-10-13-21-18-12-11-16(19)14-17(18)15(2)20/h11-12,14-15,20H,3-10,13H2,1-2H3/t15-/m0/s1. The van der Waals surface area contributed by atoms with Crippen molar-refractivity contribution < 1.29 is 14.2 Å². The lowest BCUT2D eigenvalue weighted by Crippen LogP contribution is -2.03. The first kappa shape index (κ1) is 18.0. The normalized spacial score (nSPS) is 12.4. The van der Waals surface area contributed by atoms with Gasteiger partial charge in [-0.05, 0) is 31.5 Å². The molecule has 0 saturated heterocycles. The number of aliphatic hydroxyl groups is 1. The van der Waals surface area contributed by atoms with E-state index in [0.29, 0.717) is 17.9 Å². The molecule has 1 N–H and O–H groups in total. The Labute approximate surface area is 128 Å². The van der Waals surface area contributed by atoms with E-state index in [-0.39, 0.29) is 5.82 Å². The van der Waals surface area contributed by atoms with Crippen LogP contribution in [-0.2, 0) is 0 Å². The van der Waals surface area contributed by atoms with E-state index in [9.17, 15) is 9.50 Å². The summed E-state index contributed by atoms with van der Waals surface area (Å²) in [6, 6.07) is 4.31. The smallest absolute Gasteiger partial charge is 0.125 e. The van der Waals surface area contributed by atoms with Crippen LogP contribution >= 0.6 is 0 Å². The molecule has 0 radical (unpaired) electrons. The second-order valence-electron chi connectivity index (χ2n) is 5.68. The molecule has 0 aliphatic carbocycles. The fourth-order valence-corrected chi connectivity index (χ4v) is 2.40. The molecule has 0 spiro atoms. The molecule has 1 atom stereocenters. The molecule has 1 rings (SSSR count). The second kappa shape index (κ2) is 10.6. The highest BCUT2D eigenvalue weighted by Gasteiger charge is 2.10. The Morgan fingerprint density at radius 1 is 1.05 bits per heavy atom. The van der Waals surface area contributed by atoms with Gasteiger partial charge < -0.3 is 9.84 Å². The van der Waals surface area contributed by atoms with E-state index < -0.39 is 6.10 Å². The van der Waals surface area contributed by atoms with E-state index in [4.69, 9.17) is 4.74 Å². The highest BCUT2D eigenvalue weighted by atomic mass is 19.1. The van der Waals surface area contributed by atoms with Crippen molar-refractivity contribution in [1.82, 2.24) is 0 Å². The number of halogens is 1. The van der Waals surface area contributed by atoms with E-state index in [1.54, 1.807) is 13.0 Å². The zero-order chi connectivity index (χ0) is 15.5. The summed E-state index contributed by atoms with van der Waals surface area (Å²) in [6.07, 6.45) is 9.32. The lowest BCUT2D eigenvalue weighted by Gasteiger charge is -2.13. The first-order valence-electron chi connectivity index (χ1n) is 8.25. The lowest BCUT2D eigenvalue weighted by molar-refractivity contribution is 0.190. The van der Waals surface area contributed by atoms with Crippen LogP contribution in [0.5, 0.6) is 5.75 Å². The summed E-state index contributed by atoms with van der Waals surface area (Å²) in [7, 11) is 0. The van der Waals surface area contributed by atoms with Crippen LogP contribution in [-0.4, -0.2) is 11.7 Å². The summed E-state index contributed by atoms with van der Waals surface area (Å²) in [5, 5.41) is 9.63. The molecule has 1 aromatic carbocycles. The van der Waals surface area contributed by atoms with Crippen LogP contribution < -0.4 is 4.74 Å². The van der Waals surface area contributed by atoms with Gasteiger partial charge in [0, 0.05) is 5.56 Å². The van der Waals surface area contributed by atoms with Crippen LogP contribution in [0.1, 0.15) is 76.9 Å². The van der Waals surface area contributed by atoms with Crippen LogP contribution in [0, 0.1) is 5.82 Å². The average Bonchev–Trinajstić information content (AvgIpc) is 2.46. The molecular formula is C18H29FO2. The highest BCUT2D eigenvalue weighted by Crippen LogP contribution is 2.26. The predicted molar refractivity (Wildman–Crippen MR) is 85.1 cm³/mol. The average molecular weight is 296 g/mol. The molecule has 3 heteroatoms. The summed E-state index contributed by atoms with van der Waals surface area (Å²) < 4.78 is 18.8. The first-order chi connectivity index (χ1) is 10.1. The monoisotopic (exact) mass is 296 g/mol. The third-order valence-corrected chi connectivity index (χ3v) is 3.68. The third-order valence-electron chi connectivity index (χ3n) is 3.68. The van der Waals surface area contributed by atoms with Gasteiger partial charge in [-0.15, -0.1) is 0 Å². The Hall–Kier alpha value is -1.09. The van der Waals surface area contributed by atoms with E-state index in [1.807, 2.05) is 0 Å². The maximum absolute atomic E-state index is 13.2. The fraction of sp³-hybridized carbons (Fsp3) is 0.667. The van der Waals surface area contributed by atoms with Crippen molar-refractivity contribution in [2.75, 3.05) is 6.61 Å². The molecule has 2 nitrogen and oxygen atoms in total. The number of unbranched alkanes of at least 4 members (excludes halogenated alkanes) is 7. The number of hydrogen-bond acceptors (Lipinski definition) is 2. The predicted octanol–water partition coefficient (Wildman–Crippen LogP) is 5.40. The number of hydrogen-bond donors (Lipinski definition) is 1. The zero-order valence-electron chi connectivity index (χ0n) is 13.4. The Morgan fingerprint density at radius 2 is 1.67 bits per heavy atom. The maximum atomic E-state index is 13.2. The van der Waals surface area contributed by atoms with Gasteiger partial charge in [0.15, 0.2) is 0 Å². The highest BCUT2D eigenvalue weighted by molar-refractivity contribution is 5.35. The summed E-state index contributed by atoms with van der Waals surface area (Å²) >= 11 is 0. The molecule has 1 aromatic rings. The first-order valence-corrected chi connectivity index (χ1v) is 8.25. The van der Waals surface area contributed by atoms with Gasteiger partial charge in [-0.3, -0.25) is 0 Å². The lowest BCUT2D eigenvalue weighted by atomic mass is 10.1. The van der Waals surface area contributed by atoms with Gasteiger partial charge in [0.2, 0.25) is 0 Å². The quantitative estimate of drug-likeness (QED) is 0.554. The van der Waals surface area contributed by atoms with Crippen LogP contribution in [0.25, 0.3) is 0 Å². The number of aliphatic hydroxyl groups excluding tert-OH is 1. The molecule has 0 amide bonds. The molecule has 0 aliphatic rings. The Kier molecular flexibility index (Phi) is 9.07. The van der Waals surface area contributed by atoms with Gasteiger partial charge in [0.25, 0.3) is 0 Å². The minimum absolute atomic E-state index is 0.342. The molecule has 0 aliphatic heterocycles. The van der Waals surface area contributed by atoms with Crippen molar-refractivity contribution in [2.45, 2.75) is 71.3 Å². The van der Waals surface area contributed by atoms with E-state index in [1.165, 1.54) is 50.7 Å². The maximum Gasteiger partial charge on any atom is 0.125 e. The van der Waals surface area contributed by atoms with Crippen molar-refractivity contribution >= 4 is 0 Å². The summed E-state index contributed by atoms with van der Waals surface area (Å²) in [4.78, 5) is 0. The summed E-state index contributed by atoms with van der Waals surface area (Å²) in [6.45, 7) is 4.48. The molecule has 120 valence electrons. The minimum atomic E-state index is -0.714. The second-order valence-corrected chi connectivity index (χ2v) is 5.68. The SMILES string of the molecule is CCCCCCCCCCOc1ccc(F)cc1[C@H](C)O.